The lowest BCUT2D eigenvalue weighted by Crippen LogP contribution is -2.36. The fourth-order valence-electron chi connectivity index (χ4n) is 3.22. The van der Waals surface area contributed by atoms with Gasteiger partial charge < -0.3 is 9.88 Å². The average molecular weight is 335 g/mol. The number of benzene rings is 2. The van der Waals surface area contributed by atoms with Gasteiger partial charge in [0.2, 0.25) is 0 Å². The summed E-state index contributed by atoms with van der Waals surface area (Å²) < 4.78 is 1.88. The summed E-state index contributed by atoms with van der Waals surface area (Å²) in [7, 11) is 7.64. The monoisotopic (exact) mass is 334 g/mol. The molecule has 24 heavy (non-hydrogen) atoms. The summed E-state index contributed by atoms with van der Waals surface area (Å²) >= 11 is 6.06. The van der Waals surface area contributed by atoms with Gasteiger partial charge in [0.25, 0.3) is 5.91 Å². The van der Waals surface area contributed by atoms with E-state index in [-0.39, 0.29) is 11.4 Å². The predicted molar refractivity (Wildman–Crippen MR) is 98.1 cm³/mol. The maximum atomic E-state index is 12.8. The van der Waals surface area contributed by atoms with Crippen molar-refractivity contribution in [1.82, 2.24) is 9.88 Å². The van der Waals surface area contributed by atoms with Crippen LogP contribution in [0.15, 0.2) is 48.5 Å². The summed E-state index contributed by atoms with van der Waals surface area (Å²) in [4.78, 5) is 12.8. The van der Waals surface area contributed by atoms with E-state index >= 15 is 0 Å². The number of nitrogens with zero attached hydrogens (tertiary/aromatic N) is 1. The van der Waals surface area contributed by atoms with Crippen molar-refractivity contribution in [2.24, 2.45) is 7.05 Å². The van der Waals surface area contributed by atoms with Crippen molar-refractivity contribution >= 4 is 41.7 Å². The lowest BCUT2D eigenvalue weighted by atomic mass is 9.93. The molecule has 1 aliphatic carbocycles. The van der Waals surface area contributed by atoms with E-state index in [1.807, 2.05) is 60.1 Å². The van der Waals surface area contributed by atoms with Crippen LogP contribution >= 0.6 is 11.6 Å². The Balaban J connectivity index is 1.65. The quantitative estimate of drug-likeness (QED) is 0.734. The number of carbonyl (C=O) groups is 1. The summed E-state index contributed by atoms with van der Waals surface area (Å²) in [6.07, 6.45) is 1.89. The maximum absolute atomic E-state index is 12.8. The molecule has 2 aromatic carbocycles. The molecule has 1 amide bonds. The highest BCUT2D eigenvalue weighted by molar-refractivity contribution is 6.32. The lowest BCUT2D eigenvalue weighted by Gasteiger charge is -2.18. The van der Waals surface area contributed by atoms with E-state index in [9.17, 15) is 4.79 Å². The van der Waals surface area contributed by atoms with Crippen LogP contribution in [0.5, 0.6) is 0 Å². The van der Waals surface area contributed by atoms with Crippen molar-refractivity contribution in [1.29, 1.82) is 0 Å². The Morgan fingerprint density at radius 1 is 1.17 bits per heavy atom. The van der Waals surface area contributed by atoms with Gasteiger partial charge in [-0.1, -0.05) is 47.4 Å². The van der Waals surface area contributed by atoms with Crippen LogP contribution in [0.3, 0.4) is 0 Å². The fourth-order valence-corrected chi connectivity index (χ4v) is 3.38. The molecule has 4 rings (SSSR count). The van der Waals surface area contributed by atoms with Crippen molar-refractivity contribution < 1.29 is 4.79 Å². The molecule has 1 aromatic heterocycles. The highest BCUT2D eigenvalue weighted by Gasteiger charge is 2.45. The molecule has 1 aliphatic rings. The molecule has 5 heteroatoms. The Kier molecular flexibility index (Phi) is 3.46. The minimum atomic E-state index is -0.265. The summed E-state index contributed by atoms with van der Waals surface area (Å²) in [5.41, 5.74) is 3.15. The van der Waals surface area contributed by atoms with E-state index in [2.05, 4.69) is 5.32 Å². The SMILES string of the molecule is [B]c1ccc(C2(NC(=O)c3cc4ccc(Cl)cc4n3C)CC2)cc1. The van der Waals surface area contributed by atoms with E-state index < -0.39 is 0 Å². The topological polar surface area (TPSA) is 34.0 Å². The smallest absolute Gasteiger partial charge is 0.268 e. The fraction of sp³-hybridized carbons (Fsp3) is 0.211. The van der Waals surface area contributed by atoms with Crippen LogP contribution in [0, 0.1) is 0 Å². The second kappa shape index (κ2) is 5.42. The highest BCUT2D eigenvalue weighted by atomic mass is 35.5. The van der Waals surface area contributed by atoms with Gasteiger partial charge in [0.15, 0.2) is 0 Å². The van der Waals surface area contributed by atoms with Crippen LogP contribution in [-0.2, 0) is 12.6 Å². The number of hydrogen-bond donors (Lipinski definition) is 1. The number of halogens is 1. The molecule has 1 fully saturated rings. The summed E-state index contributed by atoms with van der Waals surface area (Å²) in [6.45, 7) is 0. The molecule has 0 bridgehead atoms. The van der Waals surface area contributed by atoms with Gasteiger partial charge in [0, 0.05) is 23.0 Å². The summed E-state index contributed by atoms with van der Waals surface area (Å²) in [6, 6.07) is 15.3. The van der Waals surface area contributed by atoms with Gasteiger partial charge in [0.1, 0.15) is 13.5 Å². The van der Waals surface area contributed by atoms with Gasteiger partial charge >= 0.3 is 0 Å². The summed E-state index contributed by atoms with van der Waals surface area (Å²) in [5.74, 6) is -0.0702. The molecule has 0 unspecified atom stereocenters. The molecule has 0 spiro atoms. The zero-order valence-corrected chi connectivity index (χ0v) is 14.1. The number of aromatic nitrogens is 1. The van der Waals surface area contributed by atoms with Crippen LogP contribution in [0.25, 0.3) is 10.9 Å². The lowest BCUT2D eigenvalue weighted by molar-refractivity contribution is 0.0923. The number of hydrogen-bond acceptors (Lipinski definition) is 1. The highest BCUT2D eigenvalue weighted by Crippen LogP contribution is 2.45. The third kappa shape index (κ3) is 2.51. The molecular weight excluding hydrogens is 318 g/mol. The second-order valence-corrected chi connectivity index (χ2v) is 6.89. The van der Waals surface area contributed by atoms with Gasteiger partial charge in [-0.3, -0.25) is 4.79 Å². The second-order valence-electron chi connectivity index (χ2n) is 6.45. The Morgan fingerprint density at radius 3 is 2.54 bits per heavy atom. The minimum Gasteiger partial charge on any atom is -0.341 e. The van der Waals surface area contributed by atoms with E-state index in [1.165, 1.54) is 0 Å². The summed E-state index contributed by atoms with van der Waals surface area (Å²) in [5, 5.41) is 4.87. The maximum Gasteiger partial charge on any atom is 0.268 e. The number of carbonyl (C=O) groups excluding carboxylic acids is 1. The molecule has 0 aliphatic heterocycles. The number of amides is 1. The zero-order chi connectivity index (χ0) is 16.9. The van der Waals surface area contributed by atoms with Gasteiger partial charge in [-0.25, -0.2) is 0 Å². The zero-order valence-electron chi connectivity index (χ0n) is 13.3. The van der Waals surface area contributed by atoms with Crippen LogP contribution in [-0.4, -0.2) is 18.3 Å². The number of rotatable bonds is 3. The normalized spacial score (nSPS) is 15.4. The predicted octanol–water partition coefficient (Wildman–Crippen LogP) is 3.04. The molecule has 1 N–H and O–H groups in total. The van der Waals surface area contributed by atoms with Crippen molar-refractivity contribution in [3.05, 3.63) is 64.8 Å². The molecule has 0 atom stereocenters. The van der Waals surface area contributed by atoms with Gasteiger partial charge in [-0.2, -0.15) is 0 Å². The van der Waals surface area contributed by atoms with Crippen molar-refractivity contribution in [2.45, 2.75) is 18.4 Å². The molecule has 1 heterocycles. The van der Waals surface area contributed by atoms with Crippen LogP contribution in [0.1, 0.15) is 28.9 Å². The van der Waals surface area contributed by atoms with Crippen molar-refractivity contribution in [3.8, 4) is 0 Å². The molecule has 1 saturated carbocycles. The molecule has 3 nitrogen and oxygen atoms in total. The first-order valence-corrected chi connectivity index (χ1v) is 8.30. The third-order valence-corrected chi connectivity index (χ3v) is 5.04. The molecule has 118 valence electrons. The van der Waals surface area contributed by atoms with Crippen LogP contribution in [0.2, 0.25) is 5.02 Å². The minimum absolute atomic E-state index is 0.0702. The van der Waals surface area contributed by atoms with Gasteiger partial charge in [-0.15, -0.1) is 0 Å². The number of nitrogens with one attached hydrogen (secondary N) is 1. The molecule has 3 aromatic rings. The molecular formula is C19H16BClN2O. The third-order valence-electron chi connectivity index (χ3n) is 4.81. The van der Waals surface area contributed by atoms with E-state index in [1.54, 1.807) is 0 Å². The van der Waals surface area contributed by atoms with Crippen LogP contribution < -0.4 is 10.8 Å². The van der Waals surface area contributed by atoms with Crippen molar-refractivity contribution in [2.75, 3.05) is 0 Å². The van der Waals surface area contributed by atoms with Gasteiger partial charge in [0.05, 0.1) is 5.54 Å². The average Bonchev–Trinajstić information content (AvgIpc) is 3.26. The van der Waals surface area contributed by atoms with E-state index in [0.29, 0.717) is 10.7 Å². The Morgan fingerprint density at radius 2 is 1.88 bits per heavy atom. The van der Waals surface area contributed by atoms with E-state index in [0.717, 1.165) is 34.8 Å². The Labute approximate surface area is 147 Å². The number of aryl methyl sites for hydroxylation is 1. The first-order chi connectivity index (χ1) is 11.5. The molecule has 2 radical (unpaired) electrons. The van der Waals surface area contributed by atoms with Crippen molar-refractivity contribution in [3.63, 3.8) is 0 Å². The Bertz CT molecular complexity index is 942. The Hall–Kier alpha value is -2.20. The van der Waals surface area contributed by atoms with E-state index in [4.69, 9.17) is 19.4 Å². The largest absolute Gasteiger partial charge is 0.341 e. The number of fused-ring (bicyclic) bond motifs is 1. The van der Waals surface area contributed by atoms with Gasteiger partial charge in [-0.05, 0) is 36.6 Å². The van der Waals surface area contributed by atoms with Crippen LogP contribution in [0.4, 0.5) is 0 Å². The first-order valence-electron chi connectivity index (χ1n) is 7.92. The first kappa shape index (κ1) is 15.3. The molecule has 0 saturated heterocycles. The standard InChI is InChI=1S/C19H16BClN2O/c1-23-16-11-15(21)7-2-12(16)10-17(23)18(24)22-19(8-9-19)13-3-5-14(20)6-4-13/h2-7,10-11H,8-9H2,1H3,(H,22,24).